The van der Waals surface area contributed by atoms with Gasteiger partial charge in [-0.3, -0.25) is 0 Å². The minimum absolute atomic E-state index is 0.642. The molecule has 0 aromatic rings. The van der Waals surface area contributed by atoms with Gasteiger partial charge in [-0.05, 0) is 25.7 Å². The highest BCUT2D eigenvalue weighted by Gasteiger charge is 2.24. The lowest BCUT2D eigenvalue weighted by Gasteiger charge is -2.33. The zero-order valence-electron chi connectivity index (χ0n) is 26.1. The molecular formula is C35H70N2. The Morgan fingerprint density at radius 2 is 0.622 bits per heavy atom. The fourth-order valence-electron chi connectivity index (χ4n) is 6.01. The van der Waals surface area contributed by atoms with Crippen LogP contribution in [0.3, 0.4) is 0 Å². The molecule has 1 rings (SSSR count). The highest BCUT2D eigenvalue weighted by atomic mass is 15.4. The molecule has 0 radical (unpaired) electrons. The first-order chi connectivity index (χ1) is 18.3. The molecule has 0 aliphatic carbocycles. The number of rotatable bonds is 29. The fraction of sp³-hybridized carbons (Fsp3) is 0.943. The van der Waals surface area contributed by atoms with Crippen molar-refractivity contribution in [2.75, 3.05) is 13.1 Å². The van der Waals surface area contributed by atoms with E-state index in [4.69, 9.17) is 0 Å². The zero-order valence-corrected chi connectivity index (χ0v) is 26.1. The molecule has 0 fully saturated rings. The van der Waals surface area contributed by atoms with Crippen LogP contribution < -0.4 is 0 Å². The fourth-order valence-corrected chi connectivity index (χ4v) is 6.01. The van der Waals surface area contributed by atoms with Gasteiger partial charge in [0.05, 0.1) is 0 Å². The van der Waals surface area contributed by atoms with E-state index in [1.165, 1.54) is 186 Å². The molecule has 220 valence electrons. The van der Waals surface area contributed by atoms with Crippen molar-refractivity contribution >= 4 is 0 Å². The minimum Gasteiger partial charge on any atom is -0.356 e. The van der Waals surface area contributed by atoms with Crippen molar-refractivity contribution in [3.63, 3.8) is 0 Å². The van der Waals surface area contributed by atoms with E-state index in [9.17, 15) is 0 Å². The van der Waals surface area contributed by atoms with E-state index in [2.05, 4.69) is 43.0 Å². The molecule has 0 aromatic carbocycles. The third kappa shape index (κ3) is 20.0. The summed E-state index contributed by atoms with van der Waals surface area (Å²) in [5.74, 6) is 0. The molecular weight excluding hydrogens is 448 g/mol. The van der Waals surface area contributed by atoms with E-state index in [0.29, 0.717) is 6.17 Å². The average Bonchev–Trinajstić information content (AvgIpc) is 3.29. The van der Waals surface area contributed by atoms with Crippen LogP contribution in [0.4, 0.5) is 0 Å². The Labute approximate surface area is 235 Å². The van der Waals surface area contributed by atoms with Gasteiger partial charge in [-0.1, -0.05) is 168 Å². The largest absolute Gasteiger partial charge is 0.356 e. The molecule has 0 saturated carbocycles. The summed E-state index contributed by atoms with van der Waals surface area (Å²) in [4.78, 5) is 5.40. The molecule has 0 bridgehead atoms. The summed E-state index contributed by atoms with van der Waals surface area (Å²) in [7, 11) is 0. The summed E-state index contributed by atoms with van der Waals surface area (Å²) in [6, 6.07) is 0. The standard InChI is InChI=1S/C35H70N2/c1-4-7-10-13-16-18-20-22-24-27-30-35-36(31-28-25-15-12-9-6-3)33-34-37(35)32-29-26-23-21-19-17-14-11-8-5-2/h33-35H,4-32H2,1-3H3. The Hall–Kier alpha value is -0.660. The maximum absolute atomic E-state index is 2.70. The highest BCUT2D eigenvalue weighted by Crippen LogP contribution is 2.24. The van der Waals surface area contributed by atoms with Crippen molar-refractivity contribution < 1.29 is 0 Å². The van der Waals surface area contributed by atoms with Gasteiger partial charge < -0.3 is 9.80 Å². The molecule has 1 aliphatic rings. The van der Waals surface area contributed by atoms with Crippen LogP contribution in [0.2, 0.25) is 0 Å². The molecule has 0 saturated heterocycles. The lowest BCUT2D eigenvalue weighted by Crippen LogP contribution is -2.39. The SMILES string of the molecule is CCCCCCCCCCCCC1N(CCCCCCCC)C=CN1CCCCCCCCCCCC. The van der Waals surface area contributed by atoms with Crippen LogP contribution in [0, 0.1) is 0 Å². The number of nitrogens with zero attached hydrogens (tertiary/aromatic N) is 2. The molecule has 1 aliphatic heterocycles. The number of unbranched alkanes of at least 4 members (excludes halogenated alkanes) is 23. The Kier molecular flexibility index (Phi) is 25.0. The van der Waals surface area contributed by atoms with E-state index >= 15 is 0 Å². The van der Waals surface area contributed by atoms with Gasteiger partial charge in [-0.25, -0.2) is 0 Å². The lowest BCUT2D eigenvalue weighted by molar-refractivity contribution is 0.135. The van der Waals surface area contributed by atoms with Crippen LogP contribution in [0.5, 0.6) is 0 Å². The maximum Gasteiger partial charge on any atom is 0.101 e. The van der Waals surface area contributed by atoms with Crippen LogP contribution in [-0.4, -0.2) is 29.1 Å². The Balaban J connectivity index is 2.23. The molecule has 0 amide bonds. The number of hydrogen-bond donors (Lipinski definition) is 0. The zero-order chi connectivity index (χ0) is 26.7. The van der Waals surface area contributed by atoms with Crippen molar-refractivity contribution in [1.82, 2.24) is 9.80 Å². The normalized spacial score (nSPS) is 15.4. The highest BCUT2D eigenvalue weighted by molar-refractivity contribution is 4.97. The Morgan fingerprint density at radius 3 is 0.946 bits per heavy atom. The minimum atomic E-state index is 0.642. The molecule has 0 N–H and O–H groups in total. The average molecular weight is 519 g/mol. The smallest absolute Gasteiger partial charge is 0.101 e. The first kappa shape index (κ1) is 34.4. The first-order valence-electron chi connectivity index (χ1n) is 17.5. The van der Waals surface area contributed by atoms with E-state index < -0.39 is 0 Å². The summed E-state index contributed by atoms with van der Waals surface area (Å²) < 4.78 is 0. The van der Waals surface area contributed by atoms with Gasteiger partial charge in [0.1, 0.15) is 6.17 Å². The Bertz CT molecular complexity index is 474. The molecule has 1 heterocycles. The van der Waals surface area contributed by atoms with Crippen molar-refractivity contribution in [3.05, 3.63) is 12.4 Å². The van der Waals surface area contributed by atoms with Crippen LogP contribution in [0.1, 0.15) is 194 Å². The maximum atomic E-state index is 2.70. The van der Waals surface area contributed by atoms with E-state index in [0.717, 1.165) is 0 Å². The van der Waals surface area contributed by atoms with Gasteiger partial charge in [0.2, 0.25) is 0 Å². The molecule has 2 nitrogen and oxygen atoms in total. The van der Waals surface area contributed by atoms with E-state index in [1.54, 1.807) is 0 Å². The summed E-state index contributed by atoms with van der Waals surface area (Å²) in [5, 5.41) is 0. The van der Waals surface area contributed by atoms with Crippen molar-refractivity contribution in [2.45, 2.75) is 200 Å². The number of hydrogen-bond acceptors (Lipinski definition) is 2. The van der Waals surface area contributed by atoms with Gasteiger partial charge in [0.15, 0.2) is 0 Å². The molecule has 37 heavy (non-hydrogen) atoms. The third-order valence-electron chi connectivity index (χ3n) is 8.57. The summed E-state index contributed by atoms with van der Waals surface area (Å²) in [6.07, 6.45) is 44.0. The second kappa shape index (κ2) is 26.9. The monoisotopic (exact) mass is 519 g/mol. The molecule has 1 unspecified atom stereocenters. The van der Waals surface area contributed by atoms with Gasteiger partial charge in [-0.15, -0.1) is 0 Å². The topological polar surface area (TPSA) is 6.48 Å². The quantitative estimate of drug-likeness (QED) is 0.0908. The predicted octanol–water partition coefficient (Wildman–Crippen LogP) is 12.0. The van der Waals surface area contributed by atoms with Crippen molar-refractivity contribution in [1.29, 1.82) is 0 Å². The summed E-state index contributed by atoms with van der Waals surface area (Å²) in [6.45, 7) is 9.47. The molecule has 2 heteroatoms. The van der Waals surface area contributed by atoms with E-state index in [1.807, 2.05) is 0 Å². The second-order valence-electron chi connectivity index (χ2n) is 12.2. The first-order valence-corrected chi connectivity index (χ1v) is 17.5. The third-order valence-corrected chi connectivity index (χ3v) is 8.57. The van der Waals surface area contributed by atoms with Crippen LogP contribution in [0.25, 0.3) is 0 Å². The molecule has 1 atom stereocenters. The van der Waals surface area contributed by atoms with Crippen LogP contribution in [0.15, 0.2) is 12.4 Å². The van der Waals surface area contributed by atoms with E-state index in [-0.39, 0.29) is 0 Å². The molecule has 0 spiro atoms. The second-order valence-corrected chi connectivity index (χ2v) is 12.2. The van der Waals surface area contributed by atoms with Crippen molar-refractivity contribution in [3.8, 4) is 0 Å². The van der Waals surface area contributed by atoms with Gasteiger partial charge in [0.25, 0.3) is 0 Å². The van der Waals surface area contributed by atoms with Crippen LogP contribution in [-0.2, 0) is 0 Å². The van der Waals surface area contributed by atoms with Gasteiger partial charge in [-0.2, -0.15) is 0 Å². The summed E-state index contributed by atoms with van der Waals surface area (Å²) >= 11 is 0. The Morgan fingerprint density at radius 1 is 0.351 bits per heavy atom. The summed E-state index contributed by atoms with van der Waals surface area (Å²) in [5.41, 5.74) is 0. The van der Waals surface area contributed by atoms with Gasteiger partial charge in [0, 0.05) is 25.5 Å². The van der Waals surface area contributed by atoms with Crippen molar-refractivity contribution in [2.24, 2.45) is 0 Å². The lowest BCUT2D eigenvalue weighted by atomic mass is 10.0. The molecule has 0 aromatic heterocycles. The predicted molar refractivity (Wildman–Crippen MR) is 168 cm³/mol. The van der Waals surface area contributed by atoms with Gasteiger partial charge >= 0.3 is 0 Å². The van der Waals surface area contributed by atoms with Crippen LogP contribution >= 0.6 is 0 Å².